The Hall–Kier alpha value is -0.890. The summed E-state index contributed by atoms with van der Waals surface area (Å²) < 4.78 is 10.7. The smallest absolute Gasteiger partial charge is 0.410 e. The molecule has 0 unspecified atom stereocenters. The SMILES string of the molecule is CC(C)(C)OC(=O)N1CCC(O)(CNCCN2CCOCC2)CC1. The fourth-order valence-corrected chi connectivity index (χ4v) is 2.99. The molecule has 1 amide bonds. The molecule has 0 bridgehead atoms. The third-order valence-electron chi connectivity index (χ3n) is 4.51. The van der Waals surface area contributed by atoms with Crippen molar-refractivity contribution in [1.82, 2.24) is 15.1 Å². The Kier molecular flexibility index (Phi) is 6.86. The largest absolute Gasteiger partial charge is 0.444 e. The Morgan fingerprint density at radius 2 is 1.83 bits per heavy atom. The molecule has 2 heterocycles. The molecule has 7 heteroatoms. The first-order valence-corrected chi connectivity index (χ1v) is 8.99. The van der Waals surface area contributed by atoms with Gasteiger partial charge < -0.3 is 24.8 Å². The molecular weight excluding hydrogens is 310 g/mol. The molecule has 0 aliphatic carbocycles. The van der Waals surface area contributed by atoms with E-state index in [-0.39, 0.29) is 6.09 Å². The van der Waals surface area contributed by atoms with Gasteiger partial charge in [-0.05, 0) is 33.6 Å². The number of hydrogen-bond donors (Lipinski definition) is 2. The minimum atomic E-state index is -0.733. The van der Waals surface area contributed by atoms with Crippen LogP contribution in [0.1, 0.15) is 33.6 Å². The van der Waals surface area contributed by atoms with Gasteiger partial charge in [0, 0.05) is 45.8 Å². The van der Waals surface area contributed by atoms with Gasteiger partial charge in [0.1, 0.15) is 5.60 Å². The number of piperidine rings is 1. The van der Waals surface area contributed by atoms with E-state index in [2.05, 4.69) is 10.2 Å². The van der Waals surface area contributed by atoms with Crippen LogP contribution in [0.5, 0.6) is 0 Å². The van der Waals surface area contributed by atoms with Crippen LogP contribution < -0.4 is 5.32 Å². The van der Waals surface area contributed by atoms with E-state index in [9.17, 15) is 9.90 Å². The highest BCUT2D eigenvalue weighted by Crippen LogP contribution is 2.23. The Labute approximate surface area is 145 Å². The standard InChI is InChI=1S/C17H33N3O4/c1-16(2,3)24-15(21)20-7-4-17(22,5-8-20)14-18-6-9-19-10-12-23-13-11-19/h18,22H,4-14H2,1-3H3. The first-order valence-electron chi connectivity index (χ1n) is 8.99. The minimum Gasteiger partial charge on any atom is -0.444 e. The van der Waals surface area contributed by atoms with Crippen molar-refractivity contribution in [2.45, 2.75) is 44.8 Å². The molecule has 24 heavy (non-hydrogen) atoms. The molecule has 2 aliphatic heterocycles. The van der Waals surface area contributed by atoms with Crippen LogP contribution in [-0.2, 0) is 9.47 Å². The van der Waals surface area contributed by atoms with Crippen LogP contribution in [0.25, 0.3) is 0 Å². The normalized spacial score (nSPS) is 22.4. The van der Waals surface area contributed by atoms with E-state index in [0.717, 1.165) is 39.4 Å². The van der Waals surface area contributed by atoms with E-state index < -0.39 is 11.2 Å². The molecule has 2 N–H and O–H groups in total. The van der Waals surface area contributed by atoms with Gasteiger partial charge in [-0.2, -0.15) is 0 Å². The molecule has 0 saturated carbocycles. The summed E-state index contributed by atoms with van der Waals surface area (Å²) in [5.41, 5.74) is -1.21. The molecule has 7 nitrogen and oxygen atoms in total. The second-order valence-electron chi connectivity index (χ2n) is 7.82. The van der Waals surface area contributed by atoms with Crippen molar-refractivity contribution < 1.29 is 19.4 Å². The topological polar surface area (TPSA) is 74.3 Å². The highest BCUT2D eigenvalue weighted by Gasteiger charge is 2.35. The molecule has 2 rings (SSSR count). The highest BCUT2D eigenvalue weighted by atomic mass is 16.6. The fourth-order valence-electron chi connectivity index (χ4n) is 2.99. The monoisotopic (exact) mass is 343 g/mol. The molecule has 0 spiro atoms. The zero-order valence-corrected chi connectivity index (χ0v) is 15.3. The van der Waals surface area contributed by atoms with Crippen LogP contribution in [0.15, 0.2) is 0 Å². The summed E-state index contributed by atoms with van der Waals surface area (Å²) in [7, 11) is 0. The number of amides is 1. The van der Waals surface area contributed by atoms with Crippen molar-refractivity contribution in [3.8, 4) is 0 Å². The molecule has 2 aliphatic rings. The molecule has 0 radical (unpaired) electrons. The summed E-state index contributed by atoms with van der Waals surface area (Å²) in [5.74, 6) is 0. The summed E-state index contributed by atoms with van der Waals surface area (Å²) in [5, 5.41) is 14.0. The zero-order chi connectivity index (χ0) is 17.6. The van der Waals surface area contributed by atoms with Gasteiger partial charge in [-0.3, -0.25) is 4.90 Å². The number of carbonyl (C=O) groups is 1. The lowest BCUT2D eigenvalue weighted by Crippen LogP contribution is -2.52. The third-order valence-corrected chi connectivity index (χ3v) is 4.51. The van der Waals surface area contributed by atoms with E-state index in [1.165, 1.54) is 0 Å². The summed E-state index contributed by atoms with van der Waals surface area (Å²) in [6.07, 6.45) is 0.873. The highest BCUT2D eigenvalue weighted by molar-refractivity contribution is 5.68. The zero-order valence-electron chi connectivity index (χ0n) is 15.3. The predicted molar refractivity (Wildman–Crippen MR) is 92.1 cm³/mol. The number of likely N-dealkylation sites (tertiary alicyclic amines) is 1. The molecule has 0 aromatic heterocycles. The van der Waals surface area contributed by atoms with E-state index in [1.54, 1.807) is 4.90 Å². The third kappa shape index (κ3) is 6.55. The van der Waals surface area contributed by atoms with Crippen molar-refractivity contribution >= 4 is 6.09 Å². The maximum Gasteiger partial charge on any atom is 0.410 e. The Morgan fingerprint density at radius 3 is 2.42 bits per heavy atom. The predicted octanol–water partition coefficient (Wildman–Crippen LogP) is 0.670. The fraction of sp³-hybridized carbons (Fsp3) is 0.941. The summed E-state index contributed by atoms with van der Waals surface area (Å²) in [6, 6.07) is 0. The van der Waals surface area contributed by atoms with Crippen molar-refractivity contribution in [1.29, 1.82) is 0 Å². The number of aliphatic hydroxyl groups is 1. The Morgan fingerprint density at radius 1 is 1.21 bits per heavy atom. The molecule has 140 valence electrons. The van der Waals surface area contributed by atoms with Crippen molar-refractivity contribution in [2.24, 2.45) is 0 Å². The lowest BCUT2D eigenvalue weighted by Gasteiger charge is -2.39. The number of morpholine rings is 1. The van der Waals surface area contributed by atoms with Crippen molar-refractivity contribution in [3.05, 3.63) is 0 Å². The van der Waals surface area contributed by atoms with Gasteiger partial charge >= 0.3 is 6.09 Å². The van der Waals surface area contributed by atoms with Crippen LogP contribution in [0, 0.1) is 0 Å². The average molecular weight is 343 g/mol. The summed E-state index contributed by atoms with van der Waals surface area (Å²) >= 11 is 0. The van der Waals surface area contributed by atoms with E-state index in [1.807, 2.05) is 20.8 Å². The first kappa shape index (κ1) is 19.4. The second-order valence-corrected chi connectivity index (χ2v) is 7.82. The quantitative estimate of drug-likeness (QED) is 0.715. The number of nitrogens with zero attached hydrogens (tertiary/aromatic N) is 2. The van der Waals surface area contributed by atoms with Gasteiger partial charge in [-0.25, -0.2) is 4.79 Å². The Bertz CT molecular complexity index is 397. The van der Waals surface area contributed by atoms with Crippen molar-refractivity contribution in [3.63, 3.8) is 0 Å². The van der Waals surface area contributed by atoms with Crippen LogP contribution in [0.2, 0.25) is 0 Å². The minimum absolute atomic E-state index is 0.287. The van der Waals surface area contributed by atoms with Crippen LogP contribution in [0.3, 0.4) is 0 Å². The molecule has 2 saturated heterocycles. The first-order chi connectivity index (χ1) is 11.3. The average Bonchev–Trinajstić information content (AvgIpc) is 2.52. The lowest BCUT2D eigenvalue weighted by atomic mass is 9.91. The van der Waals surface area contributed by atoms with E-state index in [4.69, 9.17) is 9.47 Å². The molecule has 0 aromatic carbocycles. The number of nitrogens with one attached hydrogen (secondary N) is 1. The number of hydrogen-bond acceptors (Lipinski definition) is 6. The van der Waals surface area contributed by atoms with Crippen LogP contribution >= 0.6 is 0 Å². The van der Waals surface area contributed by atoms with Gasteiger partial charge in [0.2, 0.25) is 0 Å². The van der Waals surface area contributed by atoms with Crippen LogP contribution in [-0.4, -0.2) is 91.2 Å². The summed E-state index contributed by atoms with van der Waals surface area (Å²) in [4.78, 5) is 16.1. The van der Waals surface area contributed by atoms with Gasteiger partial charge in [0.05, 0.1) is 18.8 Å². The maximum atomic E-state index is 12.1. The lowest BCUT2D eigenvalue weighted by molar-refractivity contribution is -0.0313. The Balaban J connectivity index is 1.63. The maximum absolute atomic E-state index is 12.1. The number of rotatable bonds is 5. The summed E-state index contributed by atoms with van der Waals surface area (Å²) in [6.45, 7) is 12.7. The second kappa shape index (κ2) is 8.47. The molecule has 2 fully saturated rings. The molecule has 0 atom stereocenters. The van der Waals surface area contributed by atoms with E-state index in [0.29, 0.717) is 32.5 Å². The van der Waals surface area contributed by atoms with Crippen LogP contribution in [0.4, 0.5) is 4.79 Å². The van der Waals surface area contributed by atoms with Crippen molar-refractivity contribution in [2.75, 3.05) is 59.0 Å². The van der Waals surface area contributed by atoms with Gasteiger partial charge in [-0.15, -0.1) is 0 Å². The number of carbonyl (C=O) groups excluding carboxylic acids is 1. The molecular formula is C17H33N3O4. The van der Waals surface area contributed by atoms with E-state index >= 15 is 0 Å². The van der Waals surface area contributed by atoms with Gasteiger partial charge in [0.25, 0.3) is 0 Å². The molecule has 0 aromatic rings. The van der Waals surface area contributed by atoms with Gasteiger partial charge in [-0.1, -0.05) is 0 Å². The van der Waals surface area contributed by atoms with Gasteiger partial charge in [0.15, 0.2) is 0 Å². The number of ether oxygens (including phenoxy) is 2.